The third kappa shape index (κ3) is 7.29. The van der Waals surface area contributed by atoms with Gasteiger partial charge in [-0.2, -0.15) is 0 Å². The van der Waals surface area contributed by atoms with Crippen LogP contribution in [-0.2, 0) is 11.3 Å². The van der Waals surface area contributed by atoms with E-state index in [1.54, 1.807) is 12.1 Å². The first-order chi connectivity index (χ1) is 10.0. The van der Waals surface area contributed by atoms with Crippen LogP contribution in [0.5, 0.6) is 0 Å². The molecule has 5 nitrogen and oxygen atoms in total. The van der Waals surface area contributed by atoms with Gasteiger partial charge in [-0.25, -0.2) is 9.18 Å². The first kappa shape index (κ1) is 16.9. The van der Waals surface area contributed by atoms with E-state index in [1.165, 1.54) is 12.1 Å². The topological polar surface area (TPSA) is 70.2 Å². The van der Waals surface area contributed by atoms with Gasteiger partial charge in [-0.3, -0.25) is 4.79 Å². The molecular formula is C15H22FN3O2. The van der Waals surface area contributed by atoms with Gasteiger partial charge in [-0.15, -0.1) is 0 Å². The maximum atomic E-state index is 12.7. The fourth-order valence-corrected chi connectivity index (χ4v) is 1.59. The lowest BCUT2D eigenvalue weighted by Gasteiger charge is -2.12. The van der Waals surface area contributed by atoms with Gasteiger partial charge in [-0.1, -0.05) is 19.1 Å². The predicted molar refractivity (Wildman–Crippen MR) is 79.2 cm³/mol. The Hall–Kier alpha value is -2.11. The Morgan fingerprint density at radius 2 is 1.86 bits per heavy atom. The lowest BCUT2D eigenvalue weighted by Crippen LogP contribution is -2.38. The maximum absolute atomic E-state index is 12.7. The Morgan fingerprint density at radius 3 is 2.48 bits per heavy atom. The number of hydrogen-bond acceptors (Lipinski definition) is 2. The van der Waals surface area contributed by atoms with Gasteiger partial charge in [0.25, 0.3) is 0 Å². The molecular weight excluding hydrogens is 273 g/mol. The molecule has 0 aliphatic rings. The van der Waals surface area contributed by atoms with Gasteiger partial charge in [0.2, 0.25) is 5.91 Å². The summed E-state index contributed by atoms with van der Waals surface area (Å²) in [5.41, 5.74) is 0.807. The van der Waals surface area contributed by atoms with Crippen molar-refractivity contribution in [3.8, 4) is 0 Å². The summed E-state index contributed by atoms with van der Waals surface area (Å²) in [6, 6.07) is 5.69. The number of urea groups is 1. The Kier molecular flexibility index (Phi) is 7.21. The van der Waals surface area contributed by atoms with Gasteiger partial charge in [0.05, 0.1) is 0 Å². The Morgan fingerprint density at radius 1 is 1.19 bits per heavy atom. The number of rotatable bonds is 7. The standard InChI is InChI=1S/C15H22FN3O2/c1-3-11(2)19-14(20)8-9-17-15(21)18-10-12-4-6-13(16)7-5-12/h4-7,11H,3,8-10H2,1-2H3,(H,19,20)(H2,17,18,21). The zero-order chi connectivity index (χ0) is 15.7. The summed E-state index contributed by atoms with van der Waals surface area (Å²) in [5, 5.41) is 8.06. The smallest absolute Gasteiger partial charge is 0.315 e. The number of amides is 3. The summed E-state index contributed by atoms with van der Waals surface area (Å²) < 4.78 is 12.7. The van der Waals surface area contributed by atoms with E-state index in [2.05, 4.69) is 16.0 Å². The molecule has 0 aromatic heterocycles. The van der Waals surface area contributed by atoms with Crippen LogP contribution in [0.25, 0.3) is 0 Å². The van der Waals surface area contributed by atoms with Crippen LogP contribution < -0.4 is 16.0 Å². The molecule has 1 aromatic rings. The van der Waals surface area contributed by atoms with Crippen molar-refractivity contribution in [2.45, 2.75) is 39.3 Å². The molecule has 0 spiro atoms. The zero-order valence-electron chi connectivity index (χ0n) is 12.4. The van der Waals surface area contributed by atoms with E-state index in [9.17, 15) is 14.0 Å². The van der Waals surface area contributed by atoms with Crippen molar-refractivity contribution in [3.05, 3.63) is 35.6 Å². The van der Waals surface area contributed by atoms with Crippen molar-refractivity contribution in [1.82, 2.24) is 16.0 Å². The van der Waals surface area contributed by atoms with Crippen molar-refractivity contribution in [2.24, 2.45) is 0 Å². The van der Waals surface area contributed by atoms with E-state index in [-0.39, 0.29) is 36.8 Å². The monoisotopic (exact) mass is 295 g/mol. The Bertz CT molecular complexity index is 462. The minimum atomic E-state index is -0.351. The largest absolute Gasteiger partial charge is 0.354 e. The second-order valence-corrected chi connectivity index (χ2v) is 4.86. The number of nitrogens with one attached hydrogen (secondary N) is 3. The summed E-state index contributed by atoms with van der Waals surface area (Å²) in [6.45, 7) is 4.51. The highest BCUT2D eigenvalue weighted by Crippen LogP contribution is 2.01. The highest BCUT2D eigenvalue weighted by atomic mass is 19.1. The van der Waals surface area contributed by atoms with Crippen LogP contribution in [0.1, 0.15) is 32.3 Å². The molecule has 3 amide bonds. The molecule has 0 aliphatic carbocycles. The van der Waals surface area contributed by atoms with E-state index in [0.29, 0.717) is 6.54 Å². The molecule has 6 heteroatoms. The fourth-order valence-electron chi connectivity index (χ4n) is 1.59. The molecule has 0 saturated heterocycles. The normalized spacial score (nSPS) is 11.6. The molecule has 0 aliphatic heterocycles. The van der Waals surface area contributed by atoms with Gasteiger partial charge in [0, 0.05) is 25.6 Å². The van der Waals surface area contributed by atoms with E-state index in [0.717, 1.165) is 12.0 Å². The van der Waals surface area contributed by atoms with Crippen molar-refractivity contribution in [1.29, 1.82) is 0 Å². The number of halogens is 1. The van der Waals surface area contributed by atoms with Crippen molar-refractivity contribution in [3.63, 3.8) is 0 Å². The van der Waals surface area contributed by atoms with Crippen LogP contribution in [0.3, 0.4) is 0 Å². The molecule has 0 fully saturated rings. The average Bonchev–Trinajstić information content (AvgIpc) is 2.46. The average molecular weight is 295 g/mol. The molecule has 0 saturated carbocycles. The van der Waals surface area contributed by atoms with Gasteiger partial charge in [-0.05, 0) is 31.0 Å². The minimum Gasteiger partial charge on any atom is -0.354 e. The van der Waals surface area contributed by atoms with E-state index in [1.807, 2.05) is 13.8 Å². The number of hydrogen-bond donors (Lipinski definition) is 3. The molecule has 21 heavy (non-hydrogen) atoms. The van der Waals surface area contributed by atoms with E-state index < -0.39 is 0 Å². The van der Waals surface area contributed by atoms with Crippen LogP contribution in [0.2, 0.25) is 0 Å². The van der Waals surface area contributed by atoms with E-state index in [4.69, 9.17) is 0 Å². The summed E-state index contributed by atoms with van der Waals surface area (Å²) in [5.74, 6) is -0.390. The molecule has 0 bridgehead atoms. The summed E-state index contributed by atoms with van der Waals surface area (Å²) in [4.78, 5) is 23.0. The predicted octanol–water partition coefficient (Wildman–Crippen LogP) is 1.93. The van der Waals surface area contributed by atoms with Crippen molar-refractivity contribution < 1.29 is 14.0 Å². The van der Waals surface area contributed by atoms with Crippen molar-refractivity contribution >= 4 is 11.9 Å². The fraction of sp³-hybridized carbons (Fsp3) is 0.467. The molecule has 1 unspecified atom stereocenters. The molecule has 116 valence electrons. The molecule has 1 rings (SSSR count). The lowest BCUT2D eigenvalue weighted by atomic mass is 10.2. The highest BCUT2D eigenvalue weighted by Gasteiger charge is 2.06. The Balaban J connectivity index is 2.16. The van der Waals surface area contributed by atoms with Gasteiger partial charge >= 0.3 is 6.03 Å². The summed E-state index contributed by atoms with van der Waals surface area (Å²) >= 11 is 0. The molecule has 1 aromatic carbocycles. The number of carbonyl (C=O) groups is 2. The molecule has 3 N–H and O–H groups in total. The van der Waals surface area contributed by atoms with Crippen LogP contribution in [-0.4, -0.2) is 24.5 Å². The van der Waals surface area contributed by atoms with Crippen LogP contribution in [0.15, 0.2) is 24.3 Å². The van der Waals surface area contributed by atoms with Gasteiger partial charge < -0.3 is 16.0 Å². The first-order valence-corrected chi connectivity index (χ1v) is 7.06. The zero-order valence-corrected chi connectivity index (χ0v) is 12.4. The first-order valence-electron chi connectivity index (χ1n) is 7.06. The van der Waals surface area contributed by atoms with E-state index >= 15 is 0 Å². The van der Waals surface area contributed by atoms with Crippen LogP contribution >= 0.6 is 0 Å². The number of carbonyl (C=O) groups excluding carboxylic acids is 2. The minimum absolute atomic E-state index is 0.0804. The third-order valence-corrected chi connectivity index (χ3v) is 3.02. The van der Waals surface area contributed by atoms with Gasteiger partial charge in [0.15, 0.2) is 0 Å². The second kappa shape index (κ2) is 8.94. The Labute approximate surface area is 124 Å². The SMILES string of the molecule is CCC(C)NC(=O)CCNC(=O)NCc1ccc(F)cc1. The summed E-state index contributed by atoms with van der Waals surface area (Å²) in [6.07, 6.45) is 1.12. The molecule has 0 radical (unpaired) electrons. The number of benzene rings is 1. The van der Waals surface area contributed by atoms with Crippen LogP contribution in [0.4, 0.5) is 9.18 Å². The maximum Gasteiger partial charge on any atom is 0.315 e. The second-order valence-electron chi connectivity index (χ2n) is 4.86. The summed E-state index contributed by atoms with van der Waals surface area (Å²) in [7, 11) is 0. The lowest BCUT2D eigenvalue weighted by molar-refractivity contribution is -0.121. The third-order valence-electron chi connectivity index (χ3n) is 3.02. The van der Waals surface area contributed by atoms with Crippen LogP contribution in [0, 0.1) is 5.82 Å². The quantitative estimate of drug-likeness (QED) is 0.719. The van der Waals surface area contributed by atoms with Gasteiger partial charge in [0.1, 0.15) is 5.82 Å². The molecule has 1 atom stereocenters. The highest BCUT2D eigenvalue weighted by molar-refractivity contribution is 5.78. The molecule has 0 heterocycles. The van der Waals surface area contributed by atoms with Crippen molar-refractivity contribution in [2.75, 3.05) is 6.54 Å².